The van der Waals surface area contributed by atoms with Gasteiger partial charge in [-0.2, -0.15) is 5.10 Å². The molecule has 2 aromatic carbocycles. The molecule has 132 valence electrons. The van der Waals surface area contributed by atoms with Crippen LogP contribution in [0.15, 0.2) is 54.9 Å². The zero-order valence-corrected chi connectivity index (χ0v) is 14.2. The van der Waals surface area contributed by atoms with Crippen LogP contribution < -0.4 is 10.1 Å². The number of nitrogens with zero attached hydrogens (tertiary/aromatic N) is 2. The number of benzene rings is 2. The highest BCUT2D eigenvalue weighted by molar-refractivity contribution is 5.83. The topological polar surface area (TPSA) is 98.8 Å². The Morgan fingerprint density at radius 2 is 2.12 bits per heavy atom. The first kappa shape index (κ1) is 16.2. The standard InChI is InChI=1S/C19H19N5O2/c1-26-15-4-2-3-13(7-15)18(11-25)24-19-22-16-6-5-12(8-17(16)23-19)14-9-20-21-10-14/h2-10,18,25H,11H2,1H3,(H,20,21)(H2,22,23,24). The van der Waals surface area contributed by atoms with Crippen molar-refractivity contribution in [1.29, 1.82) is 0 Å². The van der Waals surface area contributed by atoms with Crippen LogP contribution in [0.4, 0.5) is 5.95 Å². The van der Waals surface area contributed by atoms with Gasteiger partial charge in [-0.3, -0.25) is 5.10 Å². The van der Waals surface area contributed by atoms with Crippen molar-refractivity contribution in [2.45, 2.75) is 6.04 Å². The van der Waals surface area contributed by atoms with Crippen molar-refractivity contribution in [3.63, 3.8) is 0 Å². The molecule has 0 aliphatic rings. The van der Waals surface area contributed by atoms with E-state index in [9.17, 15) is 5.11 Å². The van der Waals surface area contributed by atoms with Crippen LogP contribution >= 0.6 is 0 Å². The number of H-pyrrole nitrogens is 2. The van der Waals surface area contributed by atoms with E-state index in [1.807, 2.05) is 48.7 Å². The van der Waals surface area contributed by atoms with E-state index in [-0.39, 0.29) is 12.6 Å². The van der Waals surface area contributed by atoms with Gasteiger partial charge in [0.1, 0.15) is 5.75 Å². The van der Waals surface area contributed by atoms with Crippen LogP contribution in [0.2, 0.25) is 0 Å². The van der Waals surface area contributed by atoms with Gasteiger partial charge in [-0.25, -0.2) is 4.98 Å². The molecule has 0 aliphatic carbocycles. The minimum absolute atomic E-state index is 0.0650. The number of rotatable bonds is 6. The Morgan fingerprint density at radius 3 is 2.88 bits per heavy atom. The van der Waals surface area contributed by atoms with Gasteiger partial charge >= 0.3 is 0 Å². The fourth-order valence-electron chi connectivity index (χ4n) is 2.92. The van der Waals surface area contributed by atoms with E-state index in [0.717, 1.165) is 33.5 Å². The van der Waals surface area contributed by atoms with Gasteiger partial charge < -0.3 is 20.1 Å². The van der Waals surface area contributed by atoms with Crippen LogP contribution in [0.5, 0.6) is 5.75 Å². The van der Waals surface area contributed by atoms with Crippen LogP contribution in [0.25, 0.3) is 22.2 Å². The quantitative estimate of drug-likeness (QED) is 0.429. The predicted octanol–water partition coefficient (Wildman–Crippen LogP) is 3.11. The molecule has 0 radical (unpaired) electrons. The zero-order chi connectivity index (χ0) is 17.9. The summed E-state index contributed by atoms with van der Waals surface area (Å²) in [6.07, 6.45) is 3.63. The number of nitrogens with one attached hydrogen (secondary N) is 3. The predicted molar refractivity (Wildman–Crippen MR) is 100 cm³/mol. The van der Waals surface area contributed by atoms with Crippen molar-refractivity contribution in [3.05, 3.63) is 60.4 Å². The lowest BCUT2D eigenvalue weighted by atomic mass is 10.1. The van der Waals surface area contributed by atoms with Crippen LogP contribution in [0.3, 0.4) is 0 Å². The third-order valence-corrected chi connectivity index (χ3v) is 4.30. The maximum Gasteiger partial charge on any atom is 0.201 e. The van der Waals surface area contributed by atoms with Crippen molar-refractivity contribution in [1.82, 2.24) is 20.2 Å². The van der Waals surface area contributed by atoms with Crippen LogP contribution in [0.1, 0.15) is 11.6 Å². The molecule has 1 unspecified atom stereocenters. The second-order valence-corrected chi connectivity index (χ2v) is 5.96. The second-order valence-electron chi connectivity index (χ2n) is 5.96. The van der Waals surface area contributed by atoms with Gasteiger partial charge in [0.25, 0.3) is 0 Å². The fourth-order valence-corrected chi connectivity index (χ4v) is 2.92. The number of fused-ring (bicyclic) bond motifs is 1. The average Bonchev–Trinajstić information content (AvgIpc) is 3.34. The van der Waals surface area contributed by atoms with Gasteiger partial charge in [0.05, 0.1) is 37.0 Å². The van der Waals surface area contributed by atoms with Gasteiger partial charge in [-0.15, -0.1) is 0 Å². The molecule has 0 fully saturated rings. The number of hydrogen-bond donors (Lipinski definition) is 4. The molecule has 7 heteroatoms. The third-order valence-electron chi connectivity index (χ3n) is 4.30. The number of imidazole rings is 1. The fraction of sp³-hybridized carbons (Fsp3) is 0.158. The SMILES string of the molecule is COc1cccc(C(CO)Nc2nc3ccc(-c4cn[nH]c4)cc3[nH]2)c1. The maximum absolute atomic E-state index is 9.79. The molecule has 0 bridgehead atoms. The summed E-state index contributed by atoms with van der Waals surface area (Å²) in [6, 6.07) is 13.3. The van der Waals surface area contributed by atoms with Crippen molar-refractivity contribution in [2.75, 3.05) is 19.0 Å². The monoisotopic (exact) mass is 349 g/mol. The van der Waals surface area contributed by atoms with Gasteiger partial charge in [0.15, 0.2) is 0 Å². The molecule has 0 amide bonds. The first-order valence-corrected chi connectivity index (χ1v) is 8.27. The van der Waals surface area contributed by atoms with E-state index in [1.54, 1.807) is 13.3 Å². The summed E-state index contributed by atoms with van der Waals surface area (Å²) in [5.41, 5.74) is 4.75. The normalized spacial score (nSPS) is 12.2. The molecule has 4 N–H and O–H groups in total. The summed E-state index contributed by atoms with van der Waals surface area (Å²) in [5.74, 6) is 1.35. The number of aliphatic hydroxyl groups is 1. The molecule has 0 spiro atoms. The minimum atomic E-state index is -0.293. The van der Waals surface area contributed by atoms with Gasteiger partial charge in [-0.1, -0.05) is 18.2 Å². The van der Waals surface area contributed by atoms with E-state index in [2.05, 4.69) is 25.5 Å². The van der Waals surface area contributed by atoms with Crippen molar-refractivity contribution in [3.8, 4) is 16.9 Å². The van der Waals surface area contributed by atoms with E-state index in [4.69, 9.17) is 4.74 Å². The number of ether oxygens (including phenoxy) is 1. The highest BCUT2D eigenvalue weighted by Crippen LogP contribution is 2.26. The molecule has 2 aromatic heterocycles. The van der Waals surface area contributed by atoms with Crippen LogP contribution in [-0.4, -0.2) is 39.0 Å². The van der Waals surface area contributed by atoms with E-state index >= 15 is 0 Å². The Labute approximate surface area is 150 Å². The molecular weight excluding hydrogens is 330 g/mol. The number of methoxy groups -OCH3 is 1. The molecule has 0 saturated carbocycles. The third kappa shape index (κ3) is 3.12. The zero-order valence-electron chi connectivity index (χ0n) is 14.2. The van der Waals surface area contributed by atoms with Gasteiger partial charge in [0.2, 0.25) is 5.95 Å². The Balaban J connectivity index is 1.61. The Hall–Kier alpha value is -3.32. The summed E-state index contributed by atoms with van der Waals surface area (Å²) in [5, 5.41) is 19.8. The van der Waals surface area contributed by atoms with Crippen molar-refractivity contribution >= 4 is 17.0 Å². The summed E-state index contributed by atoms with van der Waals surface area (Å²) in [4.78, 5) is 7.82. The number of anilines is 1. The van der Waals surface area contributed by atoms with E-state index in [0.29, 0.717) is 5.95 Å². The van der Waals surface area contributed by atoms with Crippen LogP contribution in [0, 0.1) is 0 Å². The van der Waals surface area contributed by atoms with Gasteiger partial charge in [0, 0.05) is 11.8 Å². The summed E-state index contributed by atoms with van der Waals surface area (Å²) in [6.45, 7) is -0.0650. The molecule has 4 rings (SSSR count). The molecular formula is C19H19N5O2. The smallest absolute Gasteiger partial charge is 0.201 e. The molecule has 4 aromatic rings. The summed E-state index contributed by atoms with van der Waals surface area (Å²) < 4.78 is 5.26. The Morgan fingerprint density at radius 1 is 1.19 bits per heavy atom. The first-order chi connectivity index (χ1) is 12.8. The van der Waals surface area contributed by atoms with E-state index in [1.165, 1.54) is 0 Å². The van der Waals surface area contributed by atoms with Crippen molar-refractivity contribution in [2.24, 2.45) is 0 Å². The molecule has 0 aliphatic heterocycles. The number of aromatic nitrogens is 4. The van der Waals surface area contributed by atoms with Crippen molar-refractivity contribution < 1.29 is 9.84 Å². The summed E-state index contributed by atoms with van der Waals surface area (Å²) >= 11 is 0. The minimum Gasteiger partial charge on any atom is -0.497 e. The first-order valence-electron chi connectivity index (χ1n) is 8.27. The largest absolute Gasteiger partial charge is 0.497 e. The molecule has 0 saturated heterocycles. The molecule has 7 nitrogen and oxygen atoms in total. The number of hydrogen-bond acceptors (Lipinski definition) is 5. The maximum atomic E-state index is 9.79. The lowest BCUT2D eigenvalue weighted by Crippen LogP contribution is -2.15. The van der Waals surface area contributed by atoms with E-state index < -0.39 is 0 Å². The molecule has 26 heavy (non-hydrogen) atoms. The molecule has 1 atom stereocenters. The highest BCUT2D eigenvalue weighted by Gasteiger charge is 2.14. The Bertz CT molecular complexity index is 1010. The second kappa shape index (κ2) is 6.89. The highest BCUT2D eigenvalue weighted by atomic mass is 16.5. The number of aliphatic hydroxyl groups excluding tert-OH is 1. The van der Waals surface area contributed by atoms with Crippen LogP contribution in [-0.2, 0) is 0 Å². The Kier molecular flexibility index (Phi) is 4.28. The summed E-state index contributed by atoms with van der Waals surface area (Å²) in [7, 11) is 1.62. The van der Waals surface area contributed by atoms with Gasteiger partial charge in [-0.05, 0) is 35.4 Å². The lowest BCUT2D eigenvalue weighted by molar-refractivity contribution is 0.275. The number of aromatic amines is 2. The average molecular weight is 349 g/mol. The lowest BCUT2D eigenvalue weighted by Gasteiger charge is -2.16. The molecule has 2 heterocycles.